The molecule has 0 saturated carbocycles. The van der Waals surface area contributed by atoms with Crippen LogP contribution in [-0.4, -0.2) is 16.8 Å². The minimum Gasteiger partial charge on any atom is -0.508 e. The fourth-order valence-electron chi connectivity index (χ4n) is 1.46. The molecule has 2 N–H and O–H groups in total. The van der Waals surface area contributed by atoms with Crippen molar-refractivity contribution in [1.82, 2.24) is 0 Å². The van der Waals surface area contributed by atoms with Gasteiger partial charge in [0.1, 0.15) is 11.5 Å². The number of aliphatic hydroxyl groups is 1. The number of ether oxygens (including phenoxy) is 1. The lowest BCUT2D eigenvalue weighted by Crippen LogP contribution is -1.91. The third kappa shape index (κ3) is 1.30. The first kappa shape index (κ1) is 8.84. The van der Waals surface area contributed by atoms with Crippen LogP contribution >= 0.6 is 15.9 Å². The Balaban J connectivity index is 2.62. The lowest BCUT2D eigenvalue weighted by Gasteiger charge is -2.08. The molecule has 1 aromatic carbocycles. The van der Waals surface area contributed by atoms with Gasteiger partial charge in [0, 0.05) is 17.5 Å². The number of hydrogen-bond acceptors (Lipinski definition) is 3. The van der Waals surface area contributed by atoms with E-state index in [4.69, 9.17) is 9.84 Å². The Bertz CT molecular complexity index is 345. The Kier molecular flexibility index (Phi) is 2.17. The molecule has 0 amide bonds. The molecule has 13 heavy (non-hydrogen) atoms. The number of phenols is 1. The van der Waals surface area contributed by atoms with Crippen molar-refractivity contribution in [2.45, 2.75) is 13.0 Å². The van der Waals surface area contributed by atoms with E-state index in [0.29, 0.717) is 16.6 Å². The molecule has 1 aliphatic heterocycles. The summed E-state index contributed by atoms with van der Waals surface area (Å²) < 4.78 is 6.03. The summed E-state index contributed by atoms with van der Waals surface area (Å²) >= 11 is 3.30. The quantitative estimate of drug-likeness (QED) is 0.789. The van der Waals surface area contributed by atoms with Crippen molar-refractivity contribution in [2.24, 2.45) is 0 Å². The number of aromatic hydroxyl groups is 1. The van der Waals surface area contributed by atoms with E-state index in [-0.39, 0.29) is 12.4 Å². The predicted octanol–water partition coefficient (Wildman–Crippen LogP) is 1.58. The fourth-order valence-corrected chi connectivity index (χ4v) is 2.16. The standard InChI is InChI=1S/C9H9BrO3/c10-8-6(4-11)7(12)3-5-1-2-13-9(5)8/h3,11-12H,1-2,4H2. The lowest BCUT2D eigenvalue weighted by molar-refractivity contribution is 0.273. The normalized spacial score (nSPS) is 14.0. The second-order valence-electron chi connectivity index (χ2n) is 2.93. The largest absolute Gasteiger partial charge is 0.508 e. The van der Waals surface area contributed by atoms with E-state index in [1.807, 2.05) is 0 Å². The SMILES string of the molecule is OCc1c(O)cc2c(c1Br)OCC2. The van der Waals surface area contributed by atoms with Gasteiger partial charge in [-0.2, -0.15) is 0 Å². The van der Waals surface area contributed by atoms with Gasteiger partial charge >= 0.3 is 0 Å². The summed E-state index contributed by atoms with van der Waals surface area (Å²) in [5, 5.41) is 18.5. The van der Waals surface area contributed by atoms with Gasteiger partial charge in [-0.3, -0.25) is 0 Å². The number of benzene rings is 1. The van der Waals surface area contributed by atoms with Crippen LogP contribution < -0.4 is 4.74 Å². The van der Waals surface area contributed by atoms with Crippen molar-refractivity contribution in [2.75, 3.05) is 6.61 Å². The summed E-state index contributed by atoms with van der Waals surface area (Å²) in [5.41, 5.74) is 1.47. The van der Waals surface area contributed by atoms with Crippen LogP contribution in [-0.2, 0) is 13.0 Å². The lowest BCUT2D eigenvalue weighted by atomic mass is 10.1. The van der Waals surface area contributed by atoms with Crippen molar-refractivity contribution < 1.29 is 14.9 Å². The van der Waals surface area contributed by atoms with Crippen LogP contribution in [0.5, 0.6) is 11.5 Å². The Hall–Kier alpha value is -0.740. The van der Waals surface area contributed by atoms with Gasteiger partial charge in [-0.1, -0.05) is 0 Å². The molecular weight excluding hydrogens is 236 g/mol. The van der Waals surface area contributed by atoms with Crippen LogP contribution in [0.15, 0.2) is 10.5 Å². The topological polar surface area (TPSA) is 49.7 Å². The van der Waals surface area contributed by atoms with Gasteiger partial charge in [-0.05, 0) is 22.0 Å². The summed E-state index contributed by atoms with van der Waals surface area (Å²) in [4.78, 5) is 0. The zero-order valence-corrected chi connectivity index (χ0v) is 8.47. The van der Waals surface area contributed by atoms with Crippen molar-refractivity contribution in [3.63, 3.8) is 0 Å². The molecule has 3 nitrogen and oxygen atoms in total. The highest BCUT2D eigenvalue weighted by molar-refractivity contribution is 9.10. The third-order valence-electron chi connectivity index (χ3n) is 2.15. The maximum Gasteiger partial charge on any atom is 0.137 e. The summed E-state index contributed by atoms with van der Waals surface area (Å²) in [5.74, 6) is 0.875. The molecule has 0 fully saturated rings. The van der Waals surface area contributed by atoms with Crippen LogP contribution in [0.1, 0.15) is 11.1 Å². The summed E-state index contributed by atoms with van der Waals surface area (Å²) in [6.07, 6.45) is 0.813. The highest BCUT2D eigenvalue weighted by Gasteiger charge is 2.20. The summed E-state index contributed by atoms with van der Waals surface area (Å²) in [6.45, 7) is 0.450. The van der Waals surface area contributed by atoms with Crippen molar-refractivity contribution >= 4 is 15.9 Å². The number of rotatable bonds is 1. The van der Waals surface area contributed by atoms with E-state index in [0.717, 1.165) is 17.7 Å². The third-order valence-corrected chi connectivity index (χ3v) is 2.99. The Labute approximate surface area is 84.1 Å². The molecule has 0 aromatic heterocycles. The van der Waals surface area contributed by atoms with Crippen LogP contribution in [0.4, 0.5) is 0 Å². The highest BCUT2D eigenvalue weighted by atomic mass is 79.9. The average Bonchev–Trinajstić information content (AvgIpc) is 2.53. The van der Waals surface area contributed by atoms with E-state index >= 15 is 0 Å². The number of fused-ring (bicyclic) bond motifs is 1. The molecule has 1 aliphatic rings. The number of halogens is 1. The molecule has 0 unspecified atom stereocenters. The van der Waals surface area contributed by atoms with Crippen LogP contribution in [0.2, 0.25) is 0 Å². The molecule has 0 aliphatic carbocycles. The van der Waals surface area contributed by atoms with Crippen LogP contribution in [0.3, 0.4) is 0 Å². The smallest absolute Gasteiger partial charge is 0.137 e. The van der Waals surface area contributed by atoms with Gasteiger partial charge in [0.05, 0.1) is 17.7 Å². The molecule has 0 bridgehead atoms. The van der Waals surface area contributed by atoms with E-state index in [9.17, 15) is 5.11 Å². The second kappa shape index (κ2) is 3.20. The van der Waals surface area contributed by atoms with Gasteiger partial charge in [0.25, 0.3) is 0 Å². The van der Waals surface area contributed by atoms with Crippen LogP contribution in [0.25, 0.3) is 0 Å². The van der Waals surface area contributed by atoms with Crippen molar-refractivity contribution in [3.05, 3.63) is 21.7 Å². The van der Waals surface area contributed by atoms with E-state index in [2.05, 4.69) is 15.9 Å². The first-order valence-electron chi connectivity index (χ1n) is 4.01. The second-order valence-corrected chi connectivity index (χ2v) is 3.73. The Morgan fingerprint density at radius 1 is 1.54 bits per heavy atom. The van der Waals surface area contributed by atoms with Gasteiger partial charge < -0.3 is 14.9 Å². The molecule has 1 aromatic rings. The zero-order valence-electron chi connectivity index (χ0n) is 6.88. The zero-order chi connectivity index (χ0) is 9.42. The first-order chi connectivity index (χ1) is 6.24. The van der Waals surface area contributed by atoms with E-state index in [1.165, 1.54) is 0 Å². The molecule has 1 heterocycles. The van der Waals surface area contributed by atoms with Crippen LogP contribution in [0, 0.1) is 0 Å². The van der Waals surface area contributed by atoms with Gasteiger partial charge in [0.2, 0.25) is 0 Å². The van der Waals surface area contributed by atoms with E-state index in [1.54, 1.807) is 6.07 Å². The molecule has 70 valence electrons. The number of aliphatic hydroxyl groups excluding tert-OH is 1. The van der Waals surface area contributed by atoms with Gasteiger partial charge in [-0.25, -0.2) is 0 Å². The molecular formula is C9H9BrO3. The first-order valence-corrected chi connectivity index (χ1v) is 4.80. The molecule has 4 heteroatoms. The minimum atomic E-state index is -0.191. The molecule has 0 atom stereocenters. The average molecular weight is 245 g/mol. The monoisotopic (exact) mass is 244 g/mol. The Morgan fingerprint density at radius 2 is 2.31 bits per heavy atom. The molecule has 0 saturated heterocycles. The molecule has 0 spiro atoms. The van der Waals surface area contributed by atoms with E-state index < -0.39 is 0 Å². The van der Waals surface area contributed by atoms with Gasteiger partial charge in [-0.15, -0.1) is 0 Å². The summed E-state index contributed by atoms with van der Waals surface area (Å²) in [7, 11) is 0. The molecule has 0 radical (unpaired) electrons. The van der Waals surface area contributed by atoms with Crippen molar-refractivity contribution in [1.29, 1.82) is 0 Å². The Morgan fingerprint density at radius 3 is 3.00 bits per heavy atom. The van der Waals surface area contributed by atoms with Crippen molar-refractivity contribution in [3.8, 4) is 11.5 Å². The van der Waals surface area contributed by atoms with Gasteiger partial charge in [0.15, 0.2) is 0 Å². The minimum absolute atomic E-state index is 0.124. The highest BCUT2D eigenvalue weighted by Crippen LogP contribution is 2.40. The maximum absolute atomic E-state index is 9.51. The fraction of sp³-hybridized carbons (Fsp3) is 0.333. The number of hydrogen-bond donors (Lipinski definition) is 2. The predicted molar refractivity (Wildman–Crippen MR) is 50.9 cm³/mol. The maximum atomic E-state index is 9.51. The molecule has 2 rings (SSSR count). The summed E-state index contributed by atoms with van der Waals surface area (Å²) in [6, 6.07) is 1.65.